The fourth-order valence-electron chi connectivity index (χ4n) is 2.40. The van der Waals surface area contributed by atoms with Crippen LogP contribution in [0.5, 0.6) is 5.75 Å². The monoisotopic (exact) mass is 316 g/mol. The molecule has 6 nitrogen and oxygen atoms in total. The maximum atomic E-state index is 12.2. The molecule has 0 spiro atoms. The molecule has 0 radical (unpaired) electrons. The van der Waals surface area contributed by atoms with Crippen LogP contribution in [0, 0.1) is 5.92 Å². The summed E-state index contributed by atoms with van der Waals surface area (Å²) in [5, 5.41) is 19.2. The van der Waals surface area contributed by atoms with E-state index in [9.17, 15) is 19.8 Å². The quantitative estimate of drug-likeness (QED) is 0.848. The third kappa shape index (κ3) is 3.41. The molecule has 0 amide bonds. The molecule has 0 unspecified atom stereocenters. The summed E-state index contributed by atoms with van der Waals surface area (Å²) in [6, 6.07) is 8.09. The molecule has 1 atom stereocenters. The molecule has 0 heterocycles. The second-order valence-corrected chi connectivity index (χ2v) is 5.88. The second kappa shape index (κ2) is 6.64. The first-order valence-corrected chi connectivity index (χ1v) is 7.40. The zero-order valence-electron chi connectivity index (χ0n) is 13.4. The number of anilines is 2. The van der Waals surface area contributed by atoms with Gasteiger partial charge in [0.1, 0.15) is 11.7 Å². The molecule has 122 valence electrons. The lowest BCUT2D eigenvalue weighted by atomic mass is 10.0. The molecular weight excluding hydrogens is 296 g/mol. The number of hydrogen-bond donors (Lipinski definition) is 2. The van der Waals surface area contributed by atoms with Crippen LogP contribution >= 0.6 is 0 Å². The largest absolute Gasteiger partial charge is 0.504 e. The van der Waals surface area contributed by atoms with Gasteiger partial charge in [-0.2, -0.15) is 0 Å². The van der Waals surface area contributed by atoms with Crippen molar-refractivity contribution in [2.24, 2.45) is 10.9 Å². The Bertz CT molecular complexity index is 774. The summed E-state index contributed by atoms with van der Waals surface area (Å²) in [6.07, 6.45) is 0.309. The van der Waals surface area contributed by atoms with E-state index in [0.717, 1.165) is 5.69 Å². The van der Waals surface area contributed by atoms with Gasteiger partial charge < -0.3 is 15.1 Å². The maximum absolute atomic E-state index is 12.2. The lowest BCUT2D eigenvalue weighted by Gasteiger charge is -2.22. The number of hydrogen-bond acceptors (Lipinski definition) is 5. The number of carboxylic acids is 1. The number of aliphatic carboxylic acids is 1. The molecule has 0 saturated heterocycles. The fourth-order valence-corrected chi connectivity index (χ4v) is 2.40. The first-order valence-electron chi connectivity index (χ1n) is 7.40. The van der Waals surface area contributed by atoms with E-state index in [2.05, 4.69) is 4.99 Å². The summed E-state index contributed by atoms with van der Waals surface area (Å²) >= 11 is 0. The summed E-state index contributed by atoms with van der Waals surface area (Å²) in [5.41, 5.74) is 0.436. The summed E-state index contributed by atoms with van der Waals surface area (Å²) in [7, 11) is 1.67. The molecule has 2 aromatic carbocycles. The Morgan fingerprint density at radius 3 is 2.35 bits per heavy atom. The predicted octanol–water partition coefficient (Wildman–Crippen LogP) is 1.80. The van der Waals surface area contributed by atoms with Crippen molar-refractivity contribution in [1.82, 2.24) is 0 Å². The Hall–Kier alpha value is -2.63. The molecule has 0 saturated carbocycles. The summed E-state index contributed by atoms with van der Waals surface area (Å²) in [4.78, 5) is 29.0. The Balaban J connectivity index is 2.36. The van der Waals surface area contributed by atoms with Crippen LogP contribution in [0.2, 0.25) is 0 Å². The minimum absolute atomic E-state index is 0.119. The van der Waals surface area contributed by atoms with Gasteiger partial charge in [0.15, 0.2) is 11.1 Å². The summed E-state index contributed by atoms with van der Waals surface area (Å²) < 4.78 is 0. The SMILES string of the molecule is CC(C)C[C@@H](N=c1c(O)c(N(C)c2ccccc2)c1=O)C(=O)O. The summed E-state index contributed by atoms with van der Waals surface area (Å²) in [5.74, 6) is -1.23. The molecule has 0 aliphatic rings. The van der Waals surface area contributed by atoms with Crippen molar-refractivity contribution < 1.29 is 15.0 Å². The van der Waals surface area contributed by atoms with E-state index in [1.807, 2.05) is 44.2 Å². The molecule has 0 aliphatic carbocycles. The number of carboxylic acid groups (broad SMARTS) is 1. The molecule has 2 N–H and O–H groups in total. The van der Waals surface area contributed by atoms with E-state index >= 15 is 0 Å². The van der Waals surface area contributed by atoms with Gasteiger partial charge in [-0.3, -0.25) is 9.79 Å². The van der Waals surface area contributed by atoms with Crippen LogP contribution in [-0.4, -0.2) is 29.3 Å². The van der Waals surface area contributed by atoms with E-state index < -0.39 is 17.4 Å². The van der Waals surface area contributed by atoms with Crippen LogP contribution in [0.4, 0.5) is 11.4 Å². The normalized spacial score (nSPS) is 13.5. The second-order valence-electron chi connectivity index (χ2n) is 5.88. The zero-order chi connectivity index (χ0) is 17.1. The van der Waals surface area contributed by atoms with Gasteiger partial charge in [0.2, 0.25) is 5.43 Å². The first kappa shape index (κ1) is 16.7. The Morgan fingerprint density at radius 1 is 1.26 bits per heavy atom. The average Bonchev–Trinajstić information content (AvgIpc) is 2.51. The van der Waals surface area contributed by atoms with Crippen LogP contribution in [0.15, 0.2) is 40.1 Å². The Morgan fingerprint density at radius 2 is 1.87 bits per heavy atom. The van der Waals surface area contributed by atoms with Crippen LogP contribution in [0.25, 0.3) is 0 Å². The predicted molar refractivity (Wildman–Crippen MR) is 87.7 cm³/mol. The number of benzene rings is 1. The Labute approximate surface area is 134 Å². The molecule has 23 heavy (non-hydrogen) atoms. The number of rotatable bonds is 6. The van der Waals surface area contributed by atoms with Gasteiger partial charge in [0.25, 0.3) is 0 Å². The van der Waals surface area contributed by atoms with Gasteiger partial charge in [-0.1, -0.05) is 32.0 Å². The minimum atomic E-state index is -1.10. The van der Waals surface area contributed by atoms with Crippen molar-refractivity contribution in [3.05, 3.63) is 45.9 Å². The lowest BCUT2D eigenvalue weighted by molar-refractivity contribution is -0.138. The number of aromatic hydroxyl groups is 1. The van der Waals surface area contributed by atoms with Crippen molar-refractivity contribution in [1.29, 1.82) is 0 Å². The topological polar surface area (TPSA) is 90.2 Å². The van der Waals surface area contributed by atoms with Gasteiger partial charge in [-0.25, -0.2) is 4.79 Å². The molecule has 2 rings (SSSR count). The molecule has 0 fully saturated rings. The van der Waals surface area contributed by atoms with Gasteiger partial charge in [-0.05, 0) is 24.5 Å². The Kier molecular flexibility index (Phi) is 4.83. The highest BCUT2D eigenvalue weighted by atomic mass is 16.4. The minimum Gasteiger partial charge on any atom is -0.504 e. The molecule has 0 aromatic heterocycles. The van der Waals surface area contributed by atoms with E-state index in [1.54, 1.807) is 11.9 Å². The van der Waals surface area contributed by atoms with E-state index in [4.69, 9.17) is 0 Å². The van der Waals surface area contributed by atoms with E-state index in [0.29, 0.717) is 6.42 Å². The van der Waals surface area contributed by atoms with Crippen LogP contribution in [0.1, 0.15) is 20.3 Å². The maximum Gasteiger partial charge on any atom is 0.328 e. The van der Waals surface area contributed by atoms with Crippen LogP contribution < -0.4 is 15.7 Å². The van der Waals surface area contributed by atoms with Crippen molar-refractivity contribution >= 4 is 17.3 Å². The van der Waals surface area contributed by atoms with Crippen molar-refractivity contribution in [2.45, 2.75) is 26.3 Å². The summed E-state index contributed by atoms with van der Waals surface area (Å²) in [6.45, 7) is 3.76. The average molecular weight is 316 g/mol. The van der Waals surface area contributed by atoms with Crippen molar-refractivity contribution in [3.63, 3.8) is 0 Å². The molecule has 6 heteroatoms. The first-order chi connectivity index (χ1) is 10.8. The van der Waals surface area contributed by atoms with Gasteiger partial charge in [0.05, 0.1) is 0 Å². The third-order valence-corrected chi connectivity index (χ3v) is 3.62. The van der Waals surface area contributed by atoms with E-state index in [1.165, 1.54) is 0 Å². The standard InChI is InChI=1S/C17H20N2O4/c1-10(2)9-12(17(22)23)18-13-15(20)14(16(13)21)19(3)11-7-5-4-6-8-11/h4-8,10,12,20H,9H2,1-3H3,(H,22,23)/t12-/m1/s1. The van der Waals surface area contributed by atoms with Gasteiger partial charge in [-0.15, -0.1) is 0 Å². The molecule has 0 aliphatic heterocycles. The number of carbonyl (C=O) groups is 1. The smallest absolute Gasteiger partial charge is 0.328 e. The highest BCUT2D eigenvalue weighted by molar-refractivity contribution is 5.74. The molecular formula is C17H20N2O4. The number of nitrogens with zero attached hydrogens (tertiary/aromatic N) is 2. The third-order valence-electron chi connectivity index (χ3n) is 3.62. The van der Waals surface area contributed by atoms with Gasteiger partial charge >= 0.3 is 5.97 Å². The lowest BCUT2D eigenvalue weighted by Crippen LogP contribution is -2.39. The molecule has 0 bridgehead atoms. The van der Waals surface area contributed by atoms with Gasteiger partial charge in [0, 0.05) is 12.7 Å². The zero-order valence-corrected chi connectivity index (χ0v) is 13.4. The van der Waals surface area contributed by atoms with Crippen molar-refractivity contribution in [3.8, 4) is 5.75 Å². The molecule has 2 aromatic rings. The highest BCUT2D eigenvalue weighted by Crippen LogP contribution is 2.27. The van der Waals surface area contributed by atoms with Crippen LogP contribution in [0.3, 0.4) is 0 Å². The van der Waals surface area contributed by atoms with E-state index in [-0.39, 0.29) is 22.7 Å². The van der Waals surface area contributed by atoms with Crippen LogP contribution in [-0.2, 0) is 4.79 Å². The number of para-hydroxylation sites is 1. The highest BCUT2D eigenvalue weighted by Gasteiger charge is 2.25. The van der Waals surface area contributed by atoms with Crippen molar-refractivity contribution in [2.75, 3.05) is 11.9 Å². The fraction of sp³-hybridized carbons (Fsp3) is 0.353.